The number of benzene rings is 1. The van der Waals surface area contributed by atoms with E-state index >= 15 is 0 Å². The Morgan fingerprint density at radius 1 is 0.867 bits per heavy atom. The summed E-state index contributed by atoms with van der Waals surface area (Å²) in [5, 5.41) is 10.8. The molecule has 1 aromatic carbocycles. The van der Waals surface area contributed by atoms with E-state index in [0.29, 0.717) is 6.54 Å². The summed E-state index contributed by atoms with van der Waals surface area (Å²) >= 11 is 0. The highest BCUT2D eigenvalue weighted by molar-refractivity contribution is 6.06. The highest BCUT2D eigenvalue weighted by Gasteiger charge is 2.59. The largest absolute Gasteiger partial charge is 0.299 e. The van der Waals surface area contributed by atoms with Crippen LogP contribution >= 0.6 is 0 Å². The molecule has 0 N–H and O–H groups in total. The Morgan fingerprint density at radius 3 is 2.00 bits per heavy atom. The fraction of sp³-hybridized carbons (Fsp3) is 0.545. The predicted octanol–water partition coefficient (Wildman–Crippen LogP) is 1.52. The fourth-order valence-electron chi connectivity index (χ4n) is 5.58. The third-order valence-corrected chi connectivity index (χ3v) is 7.22. The maximum Gasteiger partial charge on any atom is 0.269 e. The maximum atomic E-state index is 12.8. The second kappa shape index (κ2) is 7.59. The van der Waals surface area contributed by atoms with Crippen LogP contribution in [0.1, 0.15) is 12.0 Å². The van der Waals surface area contributed by atoms with E-state index < -0.39 is 0 Å². The number of piperazine rings is 1. The zero-order valence-corrected chi connectivity index (χ0v) is 16.9. The molecular formula is C22H26N4O4. The number of rotatable bonds is 6. The number of hydrogen-bond acceptors (Lipinski definition) is 6. The number of amides is 2. The van der Waals surface area contributed by atoms with Gasteiger partial charge in [-0.25, -0.2) is 0 Å². The number of likely N-dealkylation sites (tertiary alicyclic amines) is 1. The lowest BCUT2D eigenvalue weighted by Crippen LogP contribution is -2.48. The summed E-state index contributed by atoms with van der Waals surface area (Å²) in [5.41, 5.74) is 1.18. The van der Waals surface area contributed by atoms with Crippen LogP contribution in [0.15, 0.2) is 36.4 Å². The van der Waals surface area contributed by atoms with Gasteiger partial charge in [0.05, 0.1) is 16.8 Å². The topological polar surface area (TPSA) is 87.0 Å². The third-order valence-electron chi connectivity index (χ3n) is 7.22. The number of non-ortho nitro benzene ring substituents is 1. The summed E-state index contributed by atoms with van der Waals surface area (Å²) in [7, 11) is 0. The average Bonchev–Trinajstić information content (AvgIpc) is 3.42. The number of nitro groups is 1. The number of carbonyl (C=O) groups excluding carboxylic acids is 2. The van der Waals surface area contributed by atoms with Crippen LogP contribution in [0.25, 0.3) is 0 Å². The summed E-state index contributed by atoms with van der Waals surface area (Å²) in [6.07, 6.45) is 5.23. The molecule has 0 spiro atoms. The molecule has 0 aromatic heterocycles. The molecule has 0 radical (unpaired) electrons. The summed E-state index contributed by atoms with van der Waals surface area (Å²) in [6.45, 7) is 5.58. The van der Waals surface area contributed by atoms with Crippen molar-refractivity contribution in [2.24, 2.45) is 23.7 Å². The van der Waals surface area contributed by atoms with Gasteiger partial charge in [-0.15, -0.1) is 0 Å². The van der Waals surface area contributed by atoms with Crippen molar-refractivity contribution in [3.8, 4) is 0 Å². The van der Waals surface area contributed by atoms with Crippen LogP contribution in [0.3, 0.4) is 0 Å². The molecule has 2 bridgehead atoms. The molecule has 2 aliphatic heterocycles. The van der Waals surface area contributed by atoms with E-state index in [1.165, 1.54) is 4.90 Å². The Labute approximate surface area is 175 Å². The van der Waals surface area contributed by atoms with Gasteiger partial charge in [-0.1, -0.05) is 24.3 Å². The second-order valence-electron chi connectivity index (χ2n) is 8.87. The minimum atomic E-state index is -0.382. The fourth-order valence-corrected chi connectivity index (χ4v) is 5.58. The average molecular weight is 410 g/mol. The smallest absolute Gasteiger partial charge is 0.269 e. The Hall–Kier alpha value is -2.58. The van der Waals surface area contributed by atoms with Crippen molar-refractivity contribution in [2.45, 2.75) is 13.0 Å². The van der Waals surface area contributed by atoms with Crippen LogP contribution in [-0.4, -0.2) is 70.7 Å². The van der Waals surface area contributed by atoms with E-state index in [-0.39, 0.29) is 46.1 Å². The van der Waals surface area contributed by atoms with Gasteiger partial charge in [0.1, 0.15) is 0 Å². The Balaban J connectivity index is 1.09. The lowest BCUT2D eigenvalue weighted by Gasteiger charge is -2.35. The number of carbonyl (C=O) groups is 2. The molecule has 1 saturated carbocycles. The van der Waals surface area contributed by atoms with Crippen molar-refractivity contribution < 1.29 is 14.5 Å². The van der Waals surface area contributed by atoms with Gasteiger partial charge in [0.15, 0.2) is 0 Å². The van der Waals surface area contributed by atoms with E-state index in [1.807, 2.05) is 12.1 Å². The van der Waals surface area contributed by atoms with Crippen LogP contribution in [0.5, 0.6) is 0 Å². The summed E-state index contributed by atoms with van der Waals surface area (Å²) in [6, 6.07) is 6.72. The summed E-state index contributed by atoms with van der Waals surface area (Å²) in [5.74, 6) is 0.406. The lowest BCUT2D eigenvalue weighted by atomic mass is 9.85. The quantitative estimate of drug-likeness (QED) is 0.306. The van der Waals surface area contributed by atoms with Gasteiger partial charge >= 0.3 is 0 Å². The number of nitrogens with zero attached hydrogens (tertiary/aromatic N) is 4. The molecule has 4 atom stereocenters. The van der Waals surface area contributed by atoms with Gasteiger partial charge in [0.2, 0.25) is 11.8 Å². The number of imide groups is 1. The third kappa shape index (κ3) is 3.33. The van der Waals surface area contributed by atoms with Crippen LogP contribution < -0.4 is 0 Å². The Morgan fingerprint density at radius 2 is 1.43 bits per heavy atom. The molecule has 5 rings (SSSR count). The molecule has 2 amide bonds. The Bertz CT molecular complexity index is 861. The molecule has 2 saturated heterocycles. The van der Waals surface area contributed by atoms with Crippen molar-refractivity contribution in [2.75, 3.05) is 39.3 Å². The summed E-state index contributed by atoms with van der Waals surface area (Å²) < 4.78 is 0. The van der Waals surface area contributed by atoms with E-state index in [4.69, 9.17) is 0 Å². The number of allylic oxidation sites excluding steroid dienone is 2. The highest BCUT2D eigenvalue weighted by Crippen LogP contribution is 2.52. The first kappa shape index (κ1) is 19.4. The van der Waals surface area contributed by atoms with Gasteiger partial charge in [-0.2, -0.15) is 0 Å². The maximum absolute atomic E-state index is 12.8. The van der Waals surface area contributed by atoms with Crippen LogP contribution in [0.2, 0.25) is 0 Å². The summed E-state index contributed by atoms with van der Waals surface area (Å²) in [4.78, 5) is 42.1. The molecule has 3 fully saturated rings. The van der Waals surface area contributed by atoms with Crippen molar-refractivity contribution in [1.29, 1.82) is 0 Å². The molecule has 1 aromatic rings. The SMILES string of the molecule is O=C1[C@H]2[C@H](C(=O)N1CCN1CCN(Cc3ccc([N+](=O)[O-])cc3)CC1)[C@H]1C=C[C@@H]2C1. The van der Waals surface area contributed by atoms with Gasteiger partial charge in [-0.3, -0.25) is 34.4 Å². The normalized spacial score (nSPS) is 31.0. The van der Waals surface area contributed by atoms with Crippen LogP contribution in [0, 0.1) is 33.8 Å². The van der Waals surface area contributed by atoms with Gasteiger partial charge in [-0.05, 0) is 23.8 Å². The second-order valence-corrected chi connectivity index (χ2v) is 8.87. The molecule has 4 aliphatic rings. The zero-order chi connectivity index (χ0) is 20.8. The van der Waals surface area contributed by atoms with Gasteiger partial charge in [0.25, 0.3) is 5.69 Å². The van der Waals surface area contributed by atoms with Crippen LogP contribution in [-0.2, 0) is 16.1 Å². The highest BCUT2D eigenvalue weighted by atomic mass is 16.6. The molecular weight excluding hydrogens is 384 g/mol. The standard InChI is InChI=1S/C22H26N4O4/c27-21-19-16-3-4-17(13-16)20(19)22(28)25(21)12-11-23-7-9-24(10-8-23)14-15-1-5-18(6-2-15)26(29)30/h1-6,16-17,19-20H,7-14H2/t16-,17+,19-,20-/m1/s1. The Kier molecular flexibility index (Phi) is 4.91. The van der Waals surface area contributed by atoms with E-state index in [0.717, 1.165) is 51.3 Å². The van der Waals surface area contributed by atoms with Crippen molar-refractivity contribution >= 4 is 17.5 Å². The van der Waals surface area contributed by atoms with E-state index in [1.54, 1.807) is 12.1 Å². The van der Waals surface area contributed by atoms with E-state index in [9.17, 15) is 19.7 Å². The van der Waals surface area contributed by atoms with Crippen molar-refractivity contribution in [3.05, 3.63) is 52.1 Å². The molecule has 2 heterocycles. The monoisotopic (exact) mass is 410 g/mol. The number of fused-ring (bicyclic) bond motifs is 5. The number of nitro benzene ring substituents is 1. The van der Waals surface area contributed by atoms with Crippen molar-refractivity contribution in [3.63, 3.8) is 0 Å². The van der Waals surface area contributed by atoms with Gasteiger partial charge in [0, 0.05) is 57.9 Å². The zero-order valence-electron chi connectivity index (χ0n) is 16.9. The molecule has 158 valence electrons. The number of hydrogen-bond donors (Lipinski definition) is 0. The van der Waals surface area contributed by atoms with Crippen molar-refractivity contribution in [1.82, 2.24) is 14.7 Å². The predicted molar refractivity (Wildman–Crippen MR) is 109 cm³/mol. The minimum absolute atomic E-state index is 0.0404. The molecule has 0 unspecified atom stereocenters. The van der Waals surface area contributed by atoms with Gasteiger partial charge < -0.3 is 0 Å². The lowest BCUT2D eigenvalue weighted by molar-refractivity contribution is -0.384. The minimum Gasteiger partial charge on any atom is -0.299 e. The molecule has 2 aliphatic carbocycles. The molecule has 8 nitrogen and oxygen atoms in total. The first-order valence-corrected chi connectivity index (χ1v) is 10.7. The first-order chi connectivity index (χ1) is 14.5. The molecule has 30 heavy (non-hydrogen) atoms. The molecule has 8 heteroatoms. The first-order valence-electron chi connectivity index (χ1n) is 10.7. The van der Waals surface area contributed by atoms with Crippen LogP contribution in [0.4, 0.5) is 5.69 Å². The van der Waals surface area contributed by atoms with E-state index in [2.05, 4.69) is 22.0 Å².